The molecule has 3 aliphatic carbocycles. The maximum Gasteiger partial charge on any atom is 0.303 e. The van der Waals surface area contributed by atoms with Crippen molar-refractivity contribution in [2.24, 2.45) is 39.9 Å². The second-order valence-electron chi connectivity index (χ2n) is 15.1. The van der Waals surface area contributed by atoms with E-state index < -0.39 is 28.6 Å². The molecule has 0 unspecified atom stereocenters. The quantitative estimate of drug-likeness (QED) is 0.377. The van der Waals surface area contributed by atoms with Crippen molar-refractivity contribution in [3.8, 4) is 0 Å². The van der Waals surface area contributed by atoms with Crippen molar-refractivity contribution in [1.29, 1.82) is 0 Å². The monoisotopic (exact) mass is 508 g/mol. The van der Waals surface area contributed by atoms with Crippen molar-refractivity contribution < 1.29 is 30.0 Å². The first-order valence-electron chi connectivity index (χ1n) is 14.3. The molecule has 0 aromatic rings. The predicted molar refractivity (Wildman–Crippen MR) is 139 cm³/mol. The molecule has 4 aliphatic rings. The maximum absolute atomic E-state index is 11.7. The SMILES string of the molecule is CC(C)(O)[C@H]1CC[C@]2(C)[C@@H](CC[C@@H]3[C@@H]([C@]4(C)CC[C@](O)(C(C)(C)O)O4)CC[C@]32C)[C@@]1(C)CCC(=O)O. The topological polar surface area (TPSA) is 107 Å². The lowest BCUT2D eigenvalue weighted by Gasteiger charge is -2.67. The summed E-state index contributed by atoms with van der Waals surface area (Å²) in [5, 5.41) is 42.6. The van der Waals surface area contributed by atoms with Crippen molar-refractivity contribution in [3.63, 3.8) is 0 Å². The molecule has 0 spiro atoms. The Kier molecular flexibility index (Phi) is 6.61. The first-order valence-corrected chi connectivity index (χ1v) is 14.3. The lowest BCUT2D eigenvalue weighted by molar-refractivity contribution is -0.306. The molecule has 3 saturated carbocycles. The molecule has 4 fully saturated rings. The van der Waals surface area contributed by atoms with Gasteiger partial charge in [0.1, 0.15) is 5.60 Å². The number of ether oxygens (including phenoxy) is 1. The molecule has 0 radical (unpaired) electrons. The van der Waals surface area contributed by atoms with Crippen LogP contribution in [-0.4, -0.2) is 49.0 Å². The number of aliphatic carboxylic acids is 1. The lowest BCUT2D eigenvalue weighted by atomic mass is 9.37. The van der Waals surface area contributed by atoms with E-state index in [0.717, 1.165) is 44.9 Å². The molecule has 1 heterocycles. The number of hydrogen-bond acceptors (Lipinski definition) is 5. The van der Waals surface area contributed by atoms with Gasteiger partial charge in [0.15, 0.2) is 5.79 Å². The van der Waals surface area contributed by atoms with Crippen LogP contribution < -0.4 is 0 Å². The molecule has 36 heavy (non-hydrogen) atoms. The fourth-order valence-corrected chi connectivity index (χ4v) is 10.3. The first kappa shape index (κ1) is 28.3. The highest BCUT2D eigenvalue weighted by atomic mass is 16.7. The largest absolute Gasteiger partial charge is 0.481 e. The molecule has 9 atom stereocenters. The van der Waals surface area contributed by atoms with Crippen LogP contribution >= 0.6 is 0 Å². The molecule has 1 aliphatic heterocycles. The van der Waals surface area contributed by atoms with E-state index in [1.54, 1.807) is 13.8 Å². The summed E-state index contributed by atoms with van der Waals surface area (Å²) in [5.74, 6) is -1.10. The molecule has 6 heteroatoms. The van der Waals surface area contributed by atoms with Gasteiger partial charge in [0.25, 0.3) is 0 Å². The number of carbonyl (C=O) groups is 1. The van der Waals surface area contributed by atoms with Gasteiger partial charge in [0.2, 0.25) is 0 Å². The predicted octanol–water partition coefficient (Wildman–Crippen LogP) is 5.52. The smallest absolute Gasteiger partial charge is 0.303 e. The lowest BCUT2D eigenvalue weighted by Crippen LogP contribution is -2.62. The van der Waals surface area contributed by atoms with Gasteiger partial charge in [-0.3, -0.25) is 4.79 Å². The van der Waals surface area contributed by atoms with Crippen LogP contribution in [0.3, 0.4) is 0 Å². The molecule has 0 amide bonds. The number of carboxylic acids is 1. The van der Waals surface area contributed by atoms with E-state index in [1.807, 2.05) is 13.8 Å². The molecular weight excluding hydrogens is 456 g/mol. The van der Waals surface area contributed by atoms with Gasteiger partial charge in [0.05, 0.1) is 11.2 Å². The number of carboxylic acid groups (broad SMARTS) is 1. The molecular formula is C30H52O6. The van der Waals surface area contributed by atoms with Crippen LogP contribution in [0.2, 0.25) is 0 Å². The van der Waals surface area contributed by atoms with Gasteiger partial charge < -0.3 is 25.2 Å². The normalized spacial score (nSPS) is 49.5. The molecule has 1 saturated heterocycles. The Labute approximate surface area is 218 Å². The molecule has 208 valence electrons. The summed E-state index contributed by atoms with van der Waals surface area (Å²) in [4.78, 5) is 11.7. The van der Waals surface area contributed by atoms with Gasteiger partial charge in [-0.1, -0.05) is 20.8 Å². The zero-order valence-electron chi connectivity index (χ0n) is 24.0. The second kappa shape index (κ2) is 8.40. The van der Waals surface area contributed by atoms with Crippen molar-refractivity contribution in [1.82, 2.24) is 0 Å². The minimum Gasteiger partial charge on any atom is -0.481 e. The number of fused-ring (bicyclic) bond motifs is 3. The van der Waals surface area contributed by atoms with Gasteiger partial charge in [-0.05, 0) is 126 Å². The van der Waals surface area contributed by atoms with Crippen LogP contribution in [0.4, 0.5) is 0 Å². The van der Waals surface area contributed by atoms with Crippen LogP contribution in [0, 0.1) is 39.9 Å². The summed E-state index contributed by atoms with van der Waals surface area (Å²) in [6, 6.07) is 0. The van der Waals surface area contributed by atoms with Gasteiger partial charge in [-0.2, -0.15) is 0 Å². The van der Waals surface area contributed by atoms with Crippen molar-refractivity contribution >= 4 is 5.97 Å². The van der Waals surface area contributed by atoms with Gasteiger partial charge in [-0.25, -0.2) is 0 Å². The Hall–Kier alpha value is -0.690. The highest BCUT2D eigenvalue weighted by Crippen LogP contribution is 2.74. The minimum absolute atomic E-state index is 0.0428. The summed E-state index contributed by atoms with van der Waals surface area (Å²) in [6.07, 6.45) is 8.09. The maximum atomic E-state index is 11.7. The zero-order chi connectivity index (χ0) is 27.2. The van der Waals surface area contributed by atoms with Gasteiger partial charge in [0, 0.05) is 12.8 Å². The molecule has 0 bridgehead atoms. The summed E-state index contributed by atoms with van der Waals surface area (Å²) >= 11 is 0. The molecule has 4 rings (SSSR count). The Morgan fingerprint density at radius 3 is 2.00 bits per heavy atom. The van der Waals surface area contributed by atoms with Crippen LogP contribution in [0.5, 0.6) is 0 Å². The summed E-state index contributed by atoms with van der Waals surface area (Å²) in [6.45, 7) is 16.4. The van der Waals surface area contributed by atoms with E-state index in [4.69, 9.17) is 4.74 Å². The van der Waals surface area contributed by atoms with Gasteiger partial charge in [-0.15, -0.1) is 0 Å². The Balaban J connectivity index is 1.67. The Morgan fingerprint density at radius 1 is 0.861 bits per heavy atom. The molecule has 4 N–H and O–H groups in total. The van der Waals surface area contributed by atoms with Crippen molar-refractivity contribution in [3.05, 3.63) is 0 Å². The number of aliphatic hydroxyl groups is 3. The summed E-state index contributed by atoms with van der Waals surface area (Å²) in [7, 11) is 0. The third-order valence-electron chi connectivity index (χ3n) is 12.5. The van der Waals surface area contributed by atoms with Crippen LogP contribution in [0.1, 0.15) is 120 Å². The van der Waals surface area contributed by atoms with Gasteiger partial charge >= 0.3 is 5.97 Å². The minimum atomic E-state index is -1.53. The standard InChI is InChI=1S/C30H52O6/c1-24(2,33)21-12-16-28(7)22(26(21,5)14-13-23(31)32)10-9-19-20(11-15-27(19,28)6)29(8)17-18-30(35,36-29)25(3,4)34/h19-22,33-35H,9-18H2,1-8H3,(H,31,32)/t19-,20+,21-,22+,26+,27-,28-,29+,30-/m1/s1. The van der Waals surface area contributed by atoms with Crippen molar-refractivity contribution in [2.45, 2.75) is 142 Å². The van der Waals surface area contributed by atoms with Crippen LogP contribution in [-0.2, 0) is 9.53 Å². The number of hydrogen-bond donors (Lipinski definition) is 4. The van der Waals surface area contributed by atoms with Crippen LogP contribution in [0.25, 0.3) is 0 Å². The average molecular weight is 509 g/mol. The van der Waals surface area contributed by atoms with E-state index >= 15 is 0 Å². The average Bonchev–Trinajstić information content (AvgIpc) is 3.25. The fourth-order valence-electron chi connectivity index (χ4n) is 10.3. The van der Waals surface area contributed by atoms with E-state index in [0.29, 0.717) is 30.6 Å². The fraction of sp³-hybridized carbons (Fsp3) is 0.967. The van der Waals surface area contributed by atoms with E-state index in [2.05, 4.69) is 27.7 Å². The third-order valence-corrected chi connectivity index (χ3v) is 12.5. The first-order chi connectivity index (χ1) is 16.2. The Morgan fingerprint density at radius 2 is 1.47 bits per heavy atom. The summed E-state index contributed by atoms with van der Waals surface area (Å²) < 4.78 is 6.42. The molecule has 0 aromatic carbocycles. The number of rotatable bonds is 6. The zero-order valence-corrected chi connectivity index (χ0v) is 24.0. The van der Waals surface area contributed by atoms with E-state index in [-0.39, 0.29) is 28.6 Å². The molecule has 0 aromatic heterocycles. The second-order valence-corrected chi connectivity index (χ2v) is 15.1. The highest BCUT2D eigenvalue weighted by Gasteiger charge is 2.69. The Bertz CT molecular complexity index is 874. The van der Waals surface area contributed by atoms with Crippen LogP contribution in [0.15, 0.2) is 0 Å². The van der Waals surface area contributed by atoms with E-state index in [9.17, 15) is 25.2 Å². The third kappa shape index (κ3) is 3.99. The summed E-state index contributed by atoms with van der Waals surface area (Å²) in [5.41, 5.74) is -2.77. The van der Waals surface area contributed by atoms with E-state index in [1.165, 1.54) is 0 Å². The van der Waals surface area contributed by atoms with Crippen molar-refractivity contribution in [2.75, 3.05) is 0 Å². The highest BCUT2D eigenvalue weighted by molar-refractivity contribution is 5.66. The molecule has 6 nitrogen and oxygen atoms in total.